The Hall–Kier alpha value is -2.57. The Labute approximate surface area is 115 Å². The van der Waals surface area contributed by atoms with Crippen molar-refractivity contribution in [3.8, 4) is 5.88 Å². The molecular formula is C13H17N3O4. The molecule has 2 aromatic heterocycles. The van der Waals surface area contributed by atoms with Gasteiger partial charge < -0.3 is 20.2 Å². The fourth-order valence-electron chi connectivity index (χ4n) is 1.59. The maximum atomic E-state index is 11.6. The Bertz CT molecular complexity index is 617. The molecule has 2 rings (SSSR count). The largest absolute Gasteiger partial charge is 0.493 e. The van der Waals surface area contributed by atoms with Crippen LogP contribution in [0.15, 0.2) is 23.3 Å². The second-order valence-electron chi connectivity index (χ2n) is 3.78. The van der Waals surface area contributed by atoms with Gasteiger partial charge in [0.1, 0.15) is 5.82 Å². The Balaban J connectivity index is 0.000000956. The SMILES string of the molecule is CC.O=C(O)Cc1c(O)nc(Cc2cc[nH]c2)[nH]c1=O. The fourth-order valence-corrected chi connectivity index (χ4v) is 1.59. The minimum atomic E-state index is -1.20. The molecule has 0 unspecified atom stereocenters. The van der Waals surface area contributed by atoms with Crippen LogP contribution in [-0.4, -0.2) is 31.1 Å². The summed E-state index contributed by atoms with van der Waals surface area (Å²) in [6, 6.07) is 1.81. The van der Waals surface area contributed by atoms with E-state index in [4.69, 9.17) is 5.11 Å². The van der Waals surface area contributed by atoms with Gasteiger partial charge in [-0.1, -0.05) is 13.8 Å². The molecule has 4 N–H and O–H groups in total. The number of carbonyl (C=O) groups is 1. The molecular weight excluding hydrogens is 262 g/mol. The number of aromatic amines is 2. The summed E-state index contributed by atoms with van der Waals surface area (Å²) in [6.45, 7) is 4.00. The Morgan fingerprint density at radius 2 is 2.10 bits per heavy atom. The van der Waals surface area contributed by atoms with E-state index in [-0.39, 0.29) is 11.4 Å². The molecule has 7 heteroatoms. The molecule has 20 heavy (non-hydrogen) atoms. The van der Waals surface area contributed by atoms with E-state index >= 15 is 0 Å². The lowest BCUT2D eigenvalue weighted by Gasteiger charge is -2.03. The normalized spacial score (nSPS) is 9.70. The number of carboxylic acid groups (broad SMARTS) is 1. The Morgan fingerprint density at radius 1 is 1.40 bits per heavy atom. The van der Waals surface area contributed by atoms with Crippen molar-refractivity contribution < 1.29 is 15.0 Å². The van der Waals surface area contributed by atoms with Crippen molar-refractivity contribution in [2.75, 3.05) is 0 Å². The summed E-state index contributed by atoms with van der Waals surface area (Å²) >= 11 is 0. The molecule has 108 valence electrons. The van der Waals surface area contributed by atoms with Gasteiger partial charge in [0.05, 0.1) is 12.0 Å². The summed E-state index contributed by atoms with van der Waals surface area (Å²) in [5, 5.41) is 18.1. The smallest absolute Gasteiger partial charge is 0.308 e. The van der Waals surface area contributed by atoms with E-state index in [0.29, 0.717) is 6.42 Å². The van der Waals surface area contributed by atoms with Crippen LogP contribution in [0.25, 0.3) is 0 Å². The molecule has 0 saturated heterocycles. The first-order valence-corrected chi connectivity index (χ1v) is 6.20. The number of H-pyrrole nitrogens is 2. The minimum absolute atomic E-state index is 0.236. The van der Waals surface area contributed by atoms with E-state index < -0.39 is 23.8 Å². The summed E-state index contributed by atoms with van der Waals surface area (Å²) in [7, 11) is 0. The monoisotopic (exact) mass is 279 g/mol. The number of hydrogen-bond donors (Lipinski definition) is 4. The third-order valence-corrected chi connectivity index (χ3v) is 2.40. The van der Waals surface area contributed by atoms with Gasteiger partial charge in [-0.05, 0) is 11.6 Å². The van der Waals surface area contributed by atoms with E-state index in [1.807, 2.05) is 19.9 Å². The molecule has 0 aliphatic heterocycles. The van der Waals surface area contributed by atoms with Crippen LogP contribution in [0.5, 0.6) is 5.88 Å². The van der Waals surface area contributed by atoms with Gasteiger partial charge in [0, 0.05) is 18.8 Å². The zero-order valence-corrected chi connectivity index (χ0v) is 11.3. The van der Waals surface area contributed by atoms with Gasteiger partial charge in [0.25, 0.3) is 5.56 Å². The first-order chi connectivity index (χ1) is 9.56. The molecule has 0 aliphatic carbocycles. The Morgan fingerprint density at radius 3 is 2.60 bits per heavy atom. The molecule has 0 radical (unpaired) electrons. The minimum Gasteiger partial charge on any atom is -0.493 e. The van der Waals surface area contributed by atoms with E-state index in [9.17, 15) is 14.7 Å². The van der Waals surface area contributed by atoms with Gasteiger partial charge in [-0.25, -0.2) is 0 Å². The summed E-state index contributed by atoms with van der Waals surface area (Å²) in [5.41, 5.74) is 0.0271. The lowest BCUT2D eigenvalue weighted by Crippen LogP contribution is -2.19. The number of rotatable bonds is 4. The number of aromatic nitrogens is 3. The van der Waals surface area contributed by atoms with Crippen molar-refractivity contribution in [2.45, 2.75) is 26.7 Å². The molecule has 0 atom stereocenters. The van der Waals surface area contributed by atoms with Crippen LogP contribution in [0.3, 0.4) is 0 Å². The maximum absolute atomic E-state index is 11.6. The molecule has 0 spiro atoms. The van der Waals surface area contributed by atoms with E-state index in [2.05, 4.69) is 15.0 Å². The van der Waals surface area contributed by atoms with Crippen LogP contribution in [0.4, 0.5) is 0 Å². The Kier molecular flexibility index (Phi) is 5.52. The quantitative estimate of drug-likeness (QED) is 0.667. The number of aliphatic carboxylic acids is 1. The first kappa shape index (κ1) is 15.5. The molecule has 0 aromatic carbocycles. The molecule has 0 aliphatic rings. The fraction of sp³-hybridized carbons (Fsp3) is 0.308. The van der Waals surface area contributed by atoms with Gasteiger partial charge in [0.15, 0.2) is 0 Å². The standard InChI is InChI=1S/C11H11N3O4.C2H6/c15-9(16)4-7-10(17)13-8(14-11(7)18)3-6-1-2-12-5-6;1-2/h1-2,5,12H,3-4H2,(H,15,16)(H2,13,14,17,18);1-2H3. The average molecular weight is 279 g/mol. The average Bonchev–Trinajstić information content (AvgIpc) is 2.89. The lowest BCUT2D eigenvalue weighted by atomic mass is 10.2. The van der Waals surface area contributed by atoms with Crippen molar-refractivity contribution in [3.63, 3.8) is 0 Å². The number of nitrogens with zero attached hydrogens (tertiary/aromatic N) is 1. The highest BCUT2D eigenvalue weighted by molar-refractivity contribution is 5.70. The van der Waals surface area contributed by atoms with E-state index in [0.717, 1.165) is 5.56 Å². The van der Waals surface area contributed by atoms with E-state index in [1.165, 1.54) is 0 Å². The highest BCUT2D eigenvalue weighted by atomic mass is 16.4. The second-order valence-corrected chi connectivity index (χ2v) is 3.78. The molecule has 7 nitrogen and oxygen atoms in total. The van der Waals surface area contributed by atoms with Crippen LogP contribution in [0.2, 0.25) is 0 Å². The molecule has 2 heterocycles. The highest BCUT2D eigenvalue weighted by Crippen LogP contribution is 2.11. The number of hydrogen-bond acceptors (Lipinski definition) is 4. The number of nitrogens with one attached hydrogen (secondary N) is 2. The number of carboxylic acids is 1. The predicted molar refractivity (Wildman–Crippen MR) is 72.8 cm³/mol. The van der Waals surface area contributed by atoms with Crippen LogP contribution in [0.1, 0.15) is 30.8 Å². The van der Waals surface area contributed by atoms with Crippen molar-refractivity contribution in [3.05, 3.63) is 45.8 Å². The predicted octanol–water partition coefficient (Wildman–Crippen LogP) is 1.05. The van der Waals surface area contributed by atoms with Gasteiger partial charge in [-0.3, -0.25) is 9.59 Å². The van der Waals surface area contributed by atoms with Gasteiger partial charge in [-0.15, -0.1) is 0 Å². The molecule has 0 bridgehead atoms. The van der Waals surface area contributed by atoms with Crippen molar-refractivity contribution in [1.82, 2.24) is 15.0 Å². The topological polar surface area (TPSA) is 119 Å². The van der Waals surface area contributed by atoms with Crippen LogP contribution < -0.4 is 5.56 Å². The van der Waals surface area contributed by atoms with Crippen molar-refractivity contribution in [1.29, 1.82) is 0 Å². The lowest BCUT2D eigenvalue weighted by molar-refractivity contribution is -0.136. The maximum Gasteiger partial charge on any atom is 0.308 e. The second kappa shape index (κ2) is 7.13. The van der Waals surface area contributed by atoms with Crippen LogP contribution in [0, 0.1) is 0 Å². The molecule has 2 aromatic rings. The summed E-state index contributed by atoms with van der Waals surface area (Å²) in [6.07, 6.45) is 3.26. The zero-order chi connectivity index (χ0) is 15.1. The van der Waals surface area contributed by atoms with Crippen molar-refractivity contribution in [2.24, 2.45) is 0 Å². The van der Waals surface area contributed by atoms with E-state index in [1.54, 1.807) is 12.4 Å². The van der Waals surface area contributed by atoms with Crippen molar-refractivity contribution >= 4 is 5.97 Å². The number of aromatic hydroxyl groups is 1. The van der Waals surface area contributed by atoms with Crippen LogP contribution >= 0.6 is 0 Å². The van der Waals surface area contributed by atoms with Gasteiger partial charge >= 0.3 is 5.97 Å². The summed E-state index contributed by atoms with van der Waals surface area (Å²) < 4.78 is 0. The summed E-state index contributed by atoms with van der Waals surface area (Å²) in [4.78, 5) is 31.2. The summed E-state index contributed by atoms with van der Waals surface area (Å²) in [5.74, 6) is -1.45. The highest BCUT2D eigenvalue weighted by Gasteiger charge is 2.14. The molecule has 0 fully saturated rings. The third kappa shape index (κ3) is 3.98. The molecule has 0 amide bonds. The molecule has 0 saturated carbocycles. The third-order valence-electron chi connectivity index (χ3n) is 2.40. The zero-order valence-electron chi connectivity index (χ0n) is 11.3. The van der Waals surface area contributed by atoms with Gasteiger partial charge in [-0.2, -0.15) is 4.98 Å². The van der Waals surface area contributed by atoms with Crippen LogP contribution in [-0.2, 0) is 17.6 Å². The van der Waals surface area contributed by atoms with Gasteiger partial charge in [0.2, 0.25) is 5.88 Å². The first-order valence-electron chi connectivity index (χ1n) is 6.20.